The minimum absolute atomic E-state index is 0. The molecule has 2 aliphatic rings. The number of para-hydroxylation sites is 5. The van der Waals surface area contributed by atoms with Gasteiger partial charge in [-0.3, -0.25) is 0 Å². The van der Waals surface area contributed by atoms with Crippen LogP contribution >= 0.6 is 0 Å². The number of benzene rings is 8. The van der Waals surface area contributed by atoms with Crippen molar-refractivity contribution in [3.63, 3.8) is 0 Å². The second-order valence-corrected chi connectivity index (χ2v) is 13.9. The Bertz CT molecular complexity index is 2640. The SMILES string of the molecule is CN1[CH-]N(c2[c-]c(N3[CH-]N(c4c(-c5ccccc5)cccc4-c4cc(-c5ccccc5)cc(-c5ccccc5)c4)c4ccccc43)ccc2)c2ccccc21.[C-]#N.[Pt+4]. The van der Waals surface area contributed by atoms with E-state index >= 15 is 0 Å². The maximum absolute atomic E-state index is 6.25. The number of hydrogen-bond acceptors (Lipinski definition) is 5. The van der Waals surface area contributed by atoms with Crippen LogP contribution in [0.5, 0.6) is 0 Å². The Kier molecular flexibility index (Phi) is 11.0. The van der Waals surface area contributed by atoms with Crippen molar-refractivity contribution < 1.29 is 21.1 Å². The third kappa shape index (κ3) is 7.04. The van der Waals surface area contributed by atoms with Crippen LogP contribution in [0.4, 0.5) is 39.8 Å². The molecule has 8 aromatic carbocycles. The molecule has 0 radical (unpaired) electrons. The van der Waals surface area contributed by atoms with E-state index in [1.54, 1.807) is 0 Å². The average Bonchev–Trinajstić information content (AvgIpc) is 3.85. The zero-order valence-corrected chi connectivity index (χ0v) is 34.0. The van der Waals surface area contributed by atoms with E-state index in [9.17, 15) is 0 Å². The smallest absolute Gasteiger partial charge is 0.512 e. The van der Waals surface area contributed by atoms with Crippen LogP contribution in [0.15, 0.2) is 194 Å². The Morgan fingerprint density at radius 3 is 1.34 bits per heavy atom. The summed E-state index contributed by atoms with van der Waals surface area (Å²) in [6.45, 7) is 9.11. The van der Waals surface area contributed by atoms with Crippen molar-refractivity contribution in [1.82, 2.24) is 0 Å². The molecular formula is C52H37N5Pt. The van der Waals surface area contributed by atoms with Gasteiger partial charge in [0, 0.05) is 39.6 Å². The average molecular weight is 927 g/mol. The van der Waals surface area contributed by atoms with Crippen LogP contribution in [0.1, 0.15) is 0 Å². The Labute approximate surface area is 355 Å². The molecule has 10 rings (SSSR count). The van der Waals surface area contributed by atoms with Gasteiger partial charge in [-0.05, 0) is 82.9 Å². The molecule has 0 bridgehead atoms. The fourth-order valence-electron chi connectivity index (χ4n) is 7.93. The molecule has 0 saturated heterocycles. The first-order valence-corrected chi connectivity index (χ1v) is 18.9. The molecule has 58 heavy (non-hydrogen) atoms. The van der Waals surface area contributed by atoms with Gasteiger partial charge in [-0.2, -0.15) is 12.7 Å². The van der Waals surface area contributed by atoms with Crippen molar-refractivity contribution in [2.75, 3.05) is 26.6 Å². The van der Waals surface area contributed by atoms with Crippen molar-refractivity contribution in [3.05, 3.63) is 220 Å². The van der Waals surface area contributed by atoms with E-state index in [2.05, 4.69) is 240 Å². The van der Waals surface area contributed by atoms with Gasteiger partial charge in [0.05, 0.1) is 0 Å². The number of anilines is 7. The van der Waals surface area contributed by atoms with Crippen LogP contribution in [0.2, 0.25) is 0 Å². The van der Waals surface area contributed by atoms with Crippen molar-refractivity contribution in [1.29, 1.82) is 5.26 Å². The van der Waals surface area contributed by atoms with Crippen molar-refractivity contribution in [3.8, 4) is 44.5 Å². The zero-order chi connectivity index (χ0) is 38.7. The fourth-order valence-corrected chi connectivity index (χ4v) is 7.93. The van der Waals surface area contributed by atoms with E-state index in [4.69, 9.17) is 11.8 Å². The molecule has 5 nitrogen and oxygen atoms in total. The monoisotopic (exact) mass is 926 g/mol. The molecule has 0 atom stereocenters. The molecule has 8 aromatic rings. The largest absolute Gasteiger partial charge is 4.00 e. The molecule has 0 N–H and O–H groups in total. The number of rotatable bonds is 7. The van der Waals surface area contributed by atoms with Crippen LogP contribution in [0.3, 0.4) is 0 Å². The van der Waals surface area contributed by atoms with Gasteiger partial charge in [0.15, 0.2) is 0 Å². The maximum atomic E-state index is 6.25. The standard InChI is InChI=1S/C51H37N4.CN.Pt/c1-52-35-53(48-28-12-11-27-47(48)52)43-23-15-24-44(34-43)54-36-55(50-30-14-13-29-49(50)54)51-45(39-21-9-4-10-22-39)25-16-26-46(51)42-32-40(37-17-5-2-6-18-37)31-41(33-42)38-19-7-3-8-20-38;1-2;/h2-33,35-36H,1H3;;/q-3;-1;+4. The van der Waals surface area contributed by atoms with Crippen LogP contribution in [-0.4, -0.2) is 7.05 Å². The first-order valence-electron chi connectivity index (χ1n) is 18.9. The molecular weight excluding hydrogens is 890 g/mol. The van der Waals surface area contributed by atoms with Crippen molar-refractivity contribution in [2.45, 2.75) is 0 Å². The van der Waals surface area contributed by atoms with Gasteiger partial charge in [0.25, 0.3) is 0 Å². The molecule has 2 heterocycles. The van der Waals surface area contributed by atoms with E-state index in [0.29, 0.717) is 0 Å². The second-order valence-electron chi connectivity index (χ2n) is 13.9. The molecule has 0 aromatic heterocycles. The summed E-state index contributed by atoms with van der Waals surface area (Å²) in [7, 11) is 2.09. The van der Waals surface area contributed by atoms with E-state index in [1.165, 1.54) is 27.9 Å². The molecule has 0 spiro atoms. The van der Waals surface area contributed by atoms with Gasteiger partial charge in [0.2, 0.25) is 0 Å². The van der Waals surface area contributed by atoms with Crippen LogP contribution in [0, 0.1) is 31.2 Å². The molecule has 0 amide bonds. The zero-order valence-electron chi connectivity index (χ0n) is 31.7. The van der Waals surface area contributed by atoms with Crippen molar-refractivity contribution in [2.24, 2.45) is 0 Å². The summed E-state index contributed by atoms with van der Waals surface area (Å²) < 4.78 is 0. The van der Waals surface area contributed by atoms with Crippen LogP contribution in [0.25, 0.3) is 44.5 Å². The van der Waals surface area contributed by atoms with E-state index in [1.807, 2.05) is 0 Å². The molecule has 0 saturated carbocycles. The maximum Gasteiger partial charge on any atom is 4.00 e. The van der Waals surface area contributed by atoms with Gasteiger partial charge < -0.3 is 31.4 Å². The predicted octanol–water partition coefficient (Wildman–Crippen LogP) is 13.4. The molecule has 6 heteroatoms. The van der Waals surface area contributed by atoms with Crippen molar-refractivity contribution >= 4 is 39.8 Å². The number of fused-ring (bicyclic) bond motifs is 2. The third-order valence-corrected chi connectivity index (χ3v) is 10.5. The van der Waals surface area contributed by atoms with Crippen LogP contribution < -0.4 is 19.6 Å². The quantitative estimate of drug-likeness (QED) is 0.149. The minimum atomic E-state index is 0. The Balaban J connectivity index is 0.00000154. The Hall–Kier alpha value is -6.86. The number of nitrogens with zero attached hydrogens (tertiary/aromatic N) is 5. The summed E-state index contributed by atoms with van der Waals surface area (Å²) in [5.41, 5.74) is 16.9. The van der Waals surface area contributed by atoms with Crippen LogP contribution in [-0.2, 0) is 21.1 Å². The first kappa shape index (κ1) is 38.0. The van der Waals surface area contributed by atoms with Gasteiger partial charge in [-0.25, -0.2) is 0 Å². The van der Waals surface area contributed by atoms with Gasteiger partial charge in [-0.1, -0.05) is 133 Å². The Morgan fingerprint density at radius 1 is 0.397 bits per heavy atom. The normalized spacial score (nSPS) is 12.6. The molecule has 0 fully saturated rings. The van der Waals surface area contributed by atoms with E-state index in [-0.39, 0.29) is 21.1 Å². The number of hydrogen-bond donors (Lipinski definition) is 0. The summed E-state index contributed by atoms with van der Waals surface area (Å²) in [6.07, 6.45) is 0. The summed E-state index contributed by atoms with van der Waals surface area (Å²) in [5, 5.41) is 6.25. The molecule has 280 valence electrons. The topological polar surface area (TPSA) is 36.8 Å². The van der Waals surface area contributed by atoms with Gasteiger partial charge in [-0.15, -0.1) is 36.2 Å². The first-order chi connectivity index (χ1) is 28.2. The molecule has 0 aliphatic carbocycles. The fraction of sp³-hybridized carbons (Fsp3) is 0.0192. The van der Waals surface area contributed by atoms with E-state index in [0.717, 1.165) is 56.4 Å². The second kappa shape index (κ2) is 16.7. The minimum Gasteiger partial charge on any atom is -0.512 e. The molecule has 2 aliphatic heterocycles. The summed E-state index contributed by atoms with van der Waals surface area (Å²) in [5.74, 6) is 0. The Morgan fingerprint density at radius 2 is 0.793 bits per heavy atom. The third-order valence-electron chi connectivity index (χ3n) is 10.5. The van der Waals surface area contributed by atoms with E-state index < -0.39 is 0 Å². The summed E-state index contributed by atoms with van der Waals surface area (Å²) >= 11 is 0. The summed E-state index contributed by atoms with van der Waals surface area (Å²) in [4.78, 5) is 9.01. The van der Waals surface area contributed by atoms with Gasteiger partial charge >= 0.3 is 21.1 Å². The van der Waals surface area contributed by atoms with Gasteiger partial charge in [0.1, 0.15) is 0 Å². The predicted molar refractivity (Wildman–Crippen MR) is 235 cm³/mol. The molecule has 0 unspecified atom stereocenters. The summed E-state index contributed by atoms with van der Waals surface area (Å²) in [6, 6.07) is 73.1.